The van der Waals surface area contributed by atoms with Gasteiger partial charge in [-0.25, -0.2) is 0 Å². The zero-order chi connectivity index (χ0) is 6.62. The summed E-state index contributed by atoms with van der Waals surface area (Å²) in [5.74, 6) is 0. The molecule has 47 valence electrons. The molecule has 0 saturated heterocycles. The molecular weight excluding hydrogens is 141 g/mol. The minimum atomic E-state index is -4.60. The molecule has 0 amide bonds. The summed E-state index contributed by atoms with van der Waals surface area (Å²) in [5.41, 5.74) is 0. The average Bonchev–Trinajstić information content (AvgIpc) is 1.59. The van der Waals surface area contributed by atoms with E-state index in [1.807, 2.05) is 0 Å². The van der Waals surface area contributed by atoms with Gasteiger partial charge in [-0.2, -0.15) is 0 Å². The number of hydrogen-bond acceptors (Lipinski definition) is 1. The number of alkyl halides is 3. The third-order valence-corrected chi connectivity index (χ3v) is 0.368. The summed E-state index contributed by atoms with van der Waals surface area (Å²) in [5, 5.41) is 0.744. The normalized spacial score (nSPS) is 12.4. The van der Waals surface area contributed by atoms with E-state index in [-0.39, 0.29) is 0 Å². The minimum absolute atomic E-state index is 0.398. The van der Waals surface area contributed by atoms with Gasteiger partial charge >= 0.3 is 6.36 Å². The van der Waals surface area contributed by atoms with E-state index in [4.69, 9.17) is 0 Å². The molecule has 8 heavy (non-hydrogen) atoms. The molecule has 0 rings (SSSR count). The van der Waals surface area contributed by atoms with Crippen LogP contribution in [0.5, 0.6) is 0 Å². The van der Waals surface area contributed by atoms with Crippen molar-refractivity contribution in [3.63, 3.8) is 0 Å². The molecular formula is C3H2F3OS. The lowest BCUT2D eigenvalue weighted by molar-refractivity contribution is -0.298. The summed E-state index contributed by atoms with van der Waals surface area (Å²) >= 11 is 4.01. The Kier molecular flexibility index (Phi) is 2.60. The first-order chi connectivity index (χ1) is 3.56. The topological polar surface area (TPSA) is 9.23 Å². The Morgan fingerprint density at radius 3 is 2.00 bits per heavy atom. The van der Waals surface area contributed by atoms with Crippen LogP contribution in [0.25, 0.3) is 0 Å². The van der Waals surface area contributed by atoms with Gasteiger partial charge in [0.2, 0.25) is 0 Å². The zero-order valence-corrected chi connectivity index (χ0v) is 4.42. The Bertz CT molecular complexity index is 87.0. The number of hydrogen-bond donors (Lipinski definition) is 0. The molecule has 0 heterocycles. The highest BCUT2D eigenvalue weighted by molar-refractivity contribution is 7.83. The summed E-state index contributed by atoms with van der Waals surface area (Å²) in [4.78, 5) is 0. The van der Waals surface area contributed by atoms with Crippen LogP contribution in [-0.2, 0) is 4.74 Å². The molecule has 0 spiro atoms. The van der Waals surface area contributed by atoms with Crippen LogP contribution in [0.3, 0.4) is 0 Å². The highest BCUT2D eigenvalue weighted by atomic mass is 32.1. The summed E-state index contributed by atoms with van der Waals surface area (Å²) in [6, 6.07) is 0. The number of ether oxygens (including phenoxy) is 1. The van der Waals surface area contributed by atoms with Gasteiger partial charge in [0.25, 0.3) is 0 Å². The molecule has 0 aromatic rings. The van der Waals surface area contributed by atoms with E-state index in [1.54, 1.807) is 0 Å². The van der Waals surface area contributed by atoms with Gasteiger partial charge < -0.3 is 4.74 Å². The van der Waals surface area contributed by atoms with E-state index in [1.165, 1.54) is 0 Å². The standard InChI is InChI=1S/C3H2F3OS/c4-3(5,6)7-1-2-8/h1-2H/b2-1+. The first-order valence-corrected chi connectivity index (χ1v) is 2.05. The highest BCUT2D eigenvalue weighted by Gasteiger charge is 2.28. The first kappa shape index (κ1) is 7.55. The van der Waals surface area contributed by atoms with Gasteiger partial charge in [0.05, 0.1) is 0 Å². The number of rotatable bonds is 1. The molecule has 0 saturated carbocycles. The zero-order valence-electron chi connectivity index (χ0n) is 3.61. The van der Waals surface area contributed by atoms with Gasteiger partial charge in [0.1, 0.15) is 6.26 Å². The van der Waals surface area contributed by atoms with Crippen LogP contribution in [0.1, 0.15) is 0 Å². The van der Waals surface area contributed by atoms with E-state index in [0.717, 1.165) is 5.41 Å². The van der Waals surface area contributed by atoms with Crippen molar-refractivity contribution in [2.75, 3.05) is 0 Å². The molecule has 1 radical (unpaired) electrons. The minimum Gasteiger partial charge on any atom is -0.413 e. The van der Waals surface area contributed by atoms with Crippen LogP contribution in [0.15, 0.2) is 11.7 Å². The van der Waals surface area contributed by atoms with Crippen molar-refractivity contribution in [3.05, 3.63) is 11.7 Å². The van der Waals surface area contributed by atoms with Crippen molar-refractivity contribution in [1.82, 2.24) is 0 Å². The molecule has 1 nitrogen and oxygen atoms in total. The van der Waals surface area contributed by atoms with E-state index in [2.05, 4.69) is 17.4 Å². The predicted octanol–water partition coefficient (Wildman–Crippen LogP) is 2.19. The third kappa shape index (κ3) is 5.55. The van der Waals surface area contributed by atoms with Gasteiger partial charge in [-0.05, 0) is 0 Å². The monoisotopic (exact) mass is 143 g/mol. The second-order valence-electron chi connectivity index (χ2n) is 0.836. The summed E-state index contributed by atoms with van der Waals surface area (Å²) in [6.07, 6.45) is -4.20. The molecule has 0 unspecified atom stereocenters. The van der Waals surface area contributed by atoms with Crippen LogP contribution in [-0.4, -0.2) is 6.36 Å². The van der Waals surface area contributed by atoms with Crippen LogP contribution in [0.4, 0.5) is 13.2 Å². The second kappa shape index (κ2) is 2.76. The van der Waals surface area contributed by atoms with E-state index in [9.17, 15) is 13.2 Å². The Morgan fingerprint density at radius 1 is 1.38 bits per heavy atom. The van der Waals surface area contributed by atoms with Gasteiger partial charge in [0.15, 0.2) is 0 Å². The molecule has 0 N–H and O–H groups in total. The van der Waals surface area contributed by atoms with Crippen LogP contribution in [0.2, 0.25) is 0 Å². The van der Waals surface area contributed by atoms with Crippen molar-refractivity contribution in [2.45, 2.75) is 6.36 Å². The molecule has 0 aliphatic heterocycles. The van der Waals surface area contributed by atoms with Crippen molar-refractivity contribution < 1.29 is 17.9 Å². The van der Waals surface area contributed by atoms with Crippen LogP contribution in [0, 0.1) is 0 Å². The molecule has 0 aliphatic rings. The second-order valence-corrected chi connectivity index (χ2v) is 1.11. The van der Waals surface area contributed by atoms with Crippen molar-refractivity contribution in [3.8, 4) is 0 Å². The highest BCUT2D eigenvalue weighted by Crippen LogP contribution is 2.15. The predicted molar refractivity (Wildman–Crippen MR) is 23.9 cm³/mol. The Balaban J connectivity index is 3.39. The Labute approximate surface area is 49.5 Å². The maximum atomic E-state index is 10.9. The van der Waals surface area contributed by atoms with Gasteiger partial charge in [-0.3, -0.25) is 0 Å². The van der Waals surface area contributed by atoms with Crippen LogP contribution >= 0.6 is 12.6 Å². The molecule has 5 heteroatoms. The van der Waals surface area contributed by atoms with Crippen LogP contribution < -0.4 is 0 Å². The summed E-state index contributed by atoms with van der Waals surface area (Å²) in [6.45, 7) is 0. The fourth-order valence-electron chi connectivity index (χ4n) is 0.105. The molecule has 0 bridgehead atoms. The third-order valence-electron chi connectivity index (χ3n) is 0.257. The Morgan fingerprint density at radius 2 is 1.88 bits per heavy atom. The van der Waals surface area contributed by atoms with Crippen molar-refractivity contribution >= 4 is 12.6 Å². The van der Waals surface area contributed by atoms with Gasteiger partial charge in [0, 0.05) is 5.41 Å². The van der Waals surface area contributed by atoms with Gasteiger partial charge in [-0.1, -0.05) is 12.6 Å². The lowest BCUT2D eigenvalue weighted by Gasteiger charge is -2.00. The van der Waals surface area contributed by atoms with Crippen molar-refractivity contribution in [1.29, 1.82) is 0 Å². The maximum Gasteiger partial charge on any atom is 0.572 e. The average molecular weight is 143 g/mol. The lowest BCUT2D eigenvalue weighted by atomic mass is 11.1. The van der Waals surface area contributed by atoms with Gasteiger partial charge in [-0.15, -0.1) is 13.2 Å². The first-order valence-electron chi connectivity index (χ1n) is 1.58. The fourth-order valence-corrected chi connectivity index (χ4v) is 0.160. The quantitative estimate of drug-likeness (QED) is 0.511. The lowest BCUT2D eigenvalue weighted by Crippen LogP contribution is -2.07. The van der Waals surface area contributed by atoms with E-state index in [0.29, 0.717) is 6.26 Å². The SMILES string of the molecule is FC(F)(F)O/C=C/[S]. The van der Waals surface area contributed by atoms with Crippen molar-refractivity contribution in [2.24, 2.45) is 0 Å². The molecule has 0 aliphatic carbocycles. The largest absolute Gasteiger partial charge is 0.572 e. The van der Waals surface area contributed by atoms with E-state index >= 15 is 0 Å². The Hall–Kier alpha value is -0.450. The maximum absolute atomic E-state index is 10.9. The smallest absolute Gasteiger partial charge is 0.413 e. The summed E-state index contributed by atoms with van der Waals surface area (Å²) < 4.78 is 35.9. The molecule has 0 aromatic carbocycles. The van der Waals surface area contributed by atoms with E-state index < -0.39 is 6.36 Å². The molecule has 0 fully saturated rings. The fraction of sp³-hybridized carbons (Fsp3) is 0.333. The molecule has 0 aromatic heterocycles. The summed E-state index contributed by atoms with van der Waals surface area (Å²) in [7, 11) is 0. The molecule has 0 atom stereocenters. The number of halogens is 3.